The summed E-state index contributed by atoms with van der Waals surface area (Å²) in [6, 6.07) is 0. The van der Waals surface area contributed by atoms with Crippen LogP contribution in [0.4, 0.5) is 0 Å². The zero-order valence-corrected chi connectivity index (χ0v) is 13.3. The molecule has 0 aromatic carbocycles. The Morgan fingerprint density at radius 1 is 0.632 bits per heavy atom. The van der Waals surface area contributed by atoms with Gasteiger partial charge < -0.3 is 0 Å². The smallest absolute Gasteiger partial charge is 0.0295 e. The lowest BCUT2D eigenvalue weighted by molar-refractivity contribution is -0.0203. The van der Waals surface area contributed by atoms with Gasteiger partial charge in [0.1, 0.15) is 0 Å². The molecule has 0 heterocycles. The minimum Gasteiger partial charge on any atom is -0.0594 e. The van der Waals surface area contributed by atoms with Crippen molar-refractivity contribution in [1.29, 1.82) is 0 Å². The third-order valence-electron chi connectivity index (χ3n) is 7.19. The van der Waals surface area contributed by atoms with Gasteiger partial charge in [0, 0.05) is 0 Å². The summed E-state index contributed by atoms with van der Waals surface area (Å²) in [5.41, 5.74) is 0.626. The maximum absolute atomic E-state index is 2.64. The van der Waals surface area contributed by atoms with E-state index in [1.165, 1.54) is 51.4 Å². The number of hydrogen-bond donors (Lipinski definition) is 0. The first-order valence-electron chi connectivity index (χ1n) is 9.19. The summed E-state index contributed by atoms with van der Waals surface area (Å²) in [5.74, 6) is 4.29. The monoisotopic (exact) mass is 262 g/mol. The van der Waals surface area contributed by atoms with Crippen LogP contribution in [0.25, 0.3) is 0 Å². The number of fused-ring (bicyclic) bond motifs is 1. The average Bonchev–Trinajstić information content (AvgIpc) is 2.47. The van der Waals surface area contributed by atoms with Crippen molar-refractivity contribution in [2.45, 2.75) is 90.9 Å². The molecule has 3 fully saturated rings. The molecule has 0 N–H and O–H groups in total. The molecule has 3 atom stereocenters. The van der Waals surface area contributed by atoms with Crippen molar-refractivity contribution in [3.05, 3.63) is 0 Å². The Kier molecular flexibility index (Phi) is 4.25. The summed E-state index contributed by atoms with van der Waals surface area (Å²) in [6.07, 6.45) is 18.4. The van der Waals surface area contributed by atoms with E-state index in [1.807, 2.05) is 0 Å². The van der Waals surface area contributed by atoms with Crippen molar-refractivity contribution in [2.24, 2.45) is 29.1 Å². The minimum atomic E-state index is 0.626. The molecule has 0 radical (unpaired) electrons. The van der Waals surface area contributed by atoms with Gasteiger partial charge in [-0.1, -0.05) is 65.2 Å². The van der Waals surface area contributed by atoms with Gasteiger partial charge in [-0.3, -0.25) is 0 Å². The third kappa shape index (κ3) is 2.74. The Bertz CT molecular complexity index is 282. The highest BCUT2D eigenvalue weighted by Crippen LogP contribution is 2.54. The van der Waals surface area contributed by atoms with E-state index in [0.717, 1.165) is 23.7 Å². The van der Waals surface area contributed by atoms with Crippen LogP contribution in [0.5, 0.6) is 0 Å². The fourth-order valence-corrected chi connectivity index (χ4v) is 6.01. The Labute approximate surface area is 120 Å². The molecule has 0 spiro atoms. The molecule has 3 rings (SSSR count). The maximum atomic E-state index is 2.64. The highest BCUT2D eigenvalue weighted by molar-refractivity contribution is 4.95. The van der Waals surface area contributed by atoms with Crippen LogP contribution in [0.1, 0.15) is 90.9 Å². The fraction of sp³-hybridized carbons (Fsp3) is 1.00. The molecule has 3 unspecified atom stereocenters. The van der Waals surface area contributed by atoms with Gasteiger partial charge in [0.25, 0.3) is 0 Å². The van der Waals surface area contributed by atoms with Crippen molar-refractivity contribution in [3.63, 3.8) is 0 Å². The van der Waals surface area contributed by atoms with Gasteiger partial charge in [-0.25, -0.2) is 0 Å². The topological polar surface area (TPSA) is 0 Å². The van der Waals surface area contributed by atoms with Gasteiger partial charge in [0.15, 0.2) is 0 Å². The maximum Gasteiger partial charge on any atom is -0.0295 e. The van der Waals surface area contributed by atoms with E-state index < -0.39 is 0 Å². The second-order valence-electron chi connectivity index (χ2n) is 8.40. The molecule has 0 aliphatic heterocycles. The molecular weight excluding hydrogens is 228 g/mol. The van der Waals surface area contributed by atoms with Gasteiger partial charge in [-0.2, -0.15) is 0 Å². The fourth-order valence-electron chi connectivity index (χ4n) is 6.01. The zero-order valence-electron chi connectivity index (χ0n) is 13.3. The molecule has 3 saturated carbocycles. The number of rotatable bonds is 2. The molecular formula is C19H34. The zero-order chi connectivity index (χ0) is 13.3. The lowest BCUT2D eigenvalue weighted by Gasteiger charge is -2.52. The van der Waals surface area contributed by atoms with E-state index >= 15 is 0 Å². The largest absolute Gasteiger partial charge is 0.0594 e. The Morgan fingerprint density at radius 2 is 1.26 bits per heavy atom. The summed E-state index contributed by atoms with van der Waals surface area (Å²) >= 11 is 0. The first-order chi connectivity index (χ1) is 9.19. The molecule has 0 bridgehead atoms. The Balaban J connectivity index is 1.74. The van der Waals surface area contributed by atoms with E-state index in [-0.39, 0.29) is 0 Å². The van der Waals surface area contributed by atoms with Crippen LogP contribution < -0.4 is 0 Å². The van der Waals surface area contributed by atoms with Crippen molar-refractivity contribution in [3.8, 4) is 0 Å². The molecule has 0 heteroatoms. The van der Waals surface area contributed by atoms with Crippen LogP contribution in [0.3, 0.4) is 0 Å². The second kappa shape index (κ2) is 5.78. The lowest BCUT2D eigenvalue weighted by Crippen LogP contribution is -2.43. The standard InChI is InChI=1S/C19H34/c1-19(2,16-11-4-3-5-12-16)18-14-8-10-15-9-6-7-13-17(15)18/h15-18H,3-14H2,1-2H3. The SMILES string of the molecule is CC(C)(C1CCCCC1)C1CCCC2CCCCC21. The Hall–Kier alpha value is 0. The summed E-state index contributed by atoms with van der Waals surface area (Å²) in [6.45, 7) is 5.29. The molecule has 3 aliphatic carbocycles. The quantitative estimate of drug-likeness (QED) is 0.556. The number of hydrogen-bond acceptors (Lipinski definition) is 0. The highest BCUT2D eigenvalue weighted by atomic mass is 14.5. The van der Waals surface area contributed by atoms with Crippen LogP contribution in [0.15, 0.2) is 0 Å². The van der Waals surface area contributed by atoms with E-state index in [9.17, 15) is 0 Å². The minimum absolute atomic E-state index is 0.626. The van der Waals surface area contributed by atoms with Crippen molar-refractivity contribution >= 4 is 0 Å². The predicted octanol–water partition coefficient (Wildman–Crippen LogP) is 6.20. The van der Waals surface area contributed by atoms with Gasteiger partial charge in [0.2, 0.25) is 0 Å². The molecule has 0 saturated heterocycles. The van der Waals surface area contributed by atoms with Gasteiger partial charge in [0.05, 0.1) is 0 Å². The molecule has 0 aromatic rings. The molecule has 110 valence electrons. The first kappa shape index (κ1) is 14.0. The lowest BCUT2D eigenvalue weighted by atomic mass is 9.53. The highest BCUT2D eigenvalue weighted by Gasteiger charge is 2.45. The van der Waals surface area contributed by atoms with Gasteiger partial charge in [-0.05, 0) is 54.8 Å². The van der Waals surface area contributed by atoms with E-state index in [1.54, 1.807) is 25.7 Å². The van der Waals surface area contributed by atoms with Crippen LogP contribution in [0.2, 0.25) is 0 Å². The van der Waals surface area contributed by atoms with Crippen molar-refractivity contribution in [1.82, 2.24) is 0 Å². The first-order valence-corrected chi connectivity index (χ1v) is 9.19. The van der Waals surface area contributed by atoms with Crippen LogP contribution in [-0.4, -0.2) is 0 Å². The van der Waals surface area contributed by atoms with Crippen LogP contribution >= 0.6 is 0 Å². The van der Waals surface area contributed by atoms with Crippen LogP contribution in [0, 0.1) is 29.1 Å². The molecule has 0 aromatic heterocycles. The third-order valence-corrected chi connectivity index (χ3v) is 7.19. The summed E-state index contributed by atoms with van der Waals surface area (Å²) in [4.78, 5) is 0. The van der Waals surface area contributed by atoms with Gasteiger partial charge in [-0.15, -0.1) is 0 Å². The average molecular weight is 262 g/mol. The van der Waals surface area contributed by atoms with E-state index in [0.29, 0.717) is 5.41 Å². The van der Waals surface area contributed by atoms with Crippen molar-refractivity contribution in [2.75, 3.05) is 0 Å². The predicted molar refractivity (Wildman–Crippen MR) is 83.1 cm³/mol. The normalized spacial score (nSPS) is 37.9. The second-order valence-corrected chi connectivity index (χ2v) is 8.40. The molecule has 0 amide bonds. The molecule has 3 aliphatic rings. The van der Waals surface area contributed by atoms with E-state index in [4.69, 9.17) is 0 Å². The summed E-state index contributed by atoms with van der Waals surface area (Å²) in [5, 5.41) is 0. The summed E-state index contributed by atoms with van der Waals surface area (Å²) in [7, 11) is 0. The van der Waals surface area contributed by atoms with Gasteiger partial charge >= 0.3 is 0 Å². The van der Waals surface area contributed by atoms with E-state index in [2.05, 4.69) is 13.8 Å². The molecule has 0 nitrogen and oxygen atoms in total. The Morgan fingerprint density at radius 3 is 2.05 bits per heavy atom. The van der Waals surface area contributed by atoms with Crippen molar-refractivity contribution < 1.29 is 0 Å². The molecule has 19 heavy (non-hydrogen) atoms. The van der Waals surface area contributed by atoms with Crippen LogP contribution in [-0.2, 0) is 0 Å². The summed E-state index contributed by atoms with van der Waals surface area (Å²) < 4.78 is 0.